The monoisotopic (exact) mass is 410 g/mol. The van der Waals surface area contributed by atoms with Gasteiger partial charge in [-0.2, -0.15) is 0 Å². The van der Waals surface area contributed by atoms with Crippen LogP contribution in [0.3, 0.4) is 0 Å². The van der Waals surface area contributed by atoms with Crippen LogP contribution >= 0.6 is 11.6 Å². The van der Waals surface area contributed by atoms with Gasteiger partial charge in [0.1, 0.15) is 11.3 Å². The van der Waals surface area contributed by atoms with Gasteiger partial charge in [-0.1, -0.05) is 41.9 Å². The molecule has 140 valence electrons. The van der Waals surface area contributed by atoms with E-state index < -0.39 is 9.84 Å². The number of fused-ring (bicyclic) bond motifs is 1. The van der Waals surface area contributed by atoms with Crippen molar-refractivity contribution in [1.29, 1.82) is 0 Å². The molecule has 28 heavy (non-hydrogen) atoms. The summed E-state index contributed by atoms with van der Waals surface area (Å²) in [5.74, 6) is 0.912. The first kappa shape index (κ1) is 18.4. The van der Waals surface area contributed by atoms with Gasteiger partial charge < -0.3 is 4.74 Å². The SMILES string of the molecule is CS(=O)(=O)c1cccc(-c2cccc(Oc3cnc4c(Cl)cccc4n3)c2)c1. The highest BCUT2D eigenvalue weighted by Crippen LogP contribution is 2.29. The van der Waals surface area contributed by atoms with Gasteiger partial charge in [0.15, 0.2) is 9.84 Å². The highest BCUT2D eigenvalue weighted by molar-refractivity contribution is 7.90. The Morgan fingerprint density at radius 2 is 1.64 bits per heavy atom. The number of ether oxygens (including phenoxy) is 1. The van der Waals surface area contributed by atoms with E-state index in [1.807, 2.05) is 30.3 Å². The Labute approximate surface area is 167 Å². The summed E-state index contributed by atoms with van der Waals surface area (Å²) >= 11 is 6.12. The van der Waals surface area contributed by atoms with Crippen molar-refractivity contribution in [2.45, 2.75) is 4.90 Å². The van der Waals surface area contributed by atoms with Crippen LogP contribution in [-0.2, 0) is 9.84 Å². The Morgan fingerprint density at radius 3 is 2.43 bits per heavy atom. The van der Waals surface area contributed by atoms with Crippen molar-refractivity contribution in [3.8, 4) is 22.8 Å². The van der Waals surface area contributed by atoms with Gasteiger partial charge in [0.05, 0.1) is 21.6 Å². The lowest BCUT2D eigenvalue weighted by molar-refractivity contribution is 0.463. The predicted molar refractivity (Wildman–Crippen MR) is 110 cm³/mol. The Balaban J connectivity index is 1.66. The first-order valence-corrected chi connectivity index (χ1v) is 10.7. The van der Waals surface area contributed by atoms with Gasteiger partial charge in [-0.05, 0) is 47.5 Å². The minimum Gasteiger partial charge on any atom is -0.437 e. The molecule has 4 rings (SSSR count). The Morgan fingerprint density at radius 1 is 0.929 bits per heavy atom. The molecule has 0 aliphatic heterocycles. The summed E-state index contributed by atoms with van der Waals surface area (Å²) in [6.45, 7) is 0. The average Bonchev–Trinajstić information content (AvgIpc) is 2.68. The van der Waals surface area contributed by atoms with Gasteiger partial charge in [0, 0.05) is 6.26 Å². The summed E-state index contributed by atoms with van der Waals surface area (Å²) in [5, 5.41) is 0.532. The number of rotatable bonds is 4. The number of para-hydroxylation sites is 1. The summed E-state index contributed by atoms with van der Waals surface area (Å²) in [6, 6.07) is 19.5. The summed E-state index contributed by atoms with van der Waals surface area (Å²) in [4.78, 5) is 9.01. The molecule has 0 saturated carbocycles. The molecule has 4 aromatic rings. The fraction of sp³-hybridized carbons (Fsp3) is 0.0476. The van der Waals surface area contributed by atoms with Crippen LogP contribution in [0.25, 0.3) is 22.2 Å². The highest BCUT2D eigenvalue weighted by Gasteiger charge is 2.10. The molecule has 3 aromatic carbocycles. The van der Waals surface area contributed by atoms with E-state index in [0.717, 1.165) is 11.1 Å². The normalized spacial score (nSPS) is 11.5. The van der Waals surface area contributed by atoms with Gasteiger partial charge in [0.25, 0.3) is 0 Å². The minimum atomic E-state index is -3.28. The third-order valence-electron chi connectivity index (χ3n) is 4.15. The van der Waals surface area contributed by atoms with Crippen LogP contribution in [0, 0.1) is 0 Å². The molecule has 0 saturated heterocycles. The molecule has 0 fully saturated rings. The van der Waals surface area contributed by atoms with E-state index in [2.05, 4.69) is 9.97 Å². The van der Waals surface area contributed by atoms with E-state index in [0.29, 0.717) is 27.7 Å². The molecule has 0 aliphatic carbocycles. The van der Waals surface area contributed by atoms with Crippen LogP contribution in [0.1, 0.15) is 0 Å². The van der Waals surface area contributed by atoms with Crippen LogP contribution in [0.2, 0.25) is 5.02 Å². The van der Waals surface area contributed by atoms with Crippen molar-refractivity contribution in [3.63, 3.8) is 0 Å². The number of benzene rings is 3. The third kappa shape index (κ3) is 3.83. The second kappa shape index (κ2) is 7.22. The quantitative estimate of drug-likeness (QED) is 0.465. The summed E-state index contributed by atoms with van der Waals surface area (Å²) in [6.07, 6.45) is 2.71. The van der Waals surface area contributed by atoms with Crippen molar-refractivity contribution in [3.05, 3.63) is 77.9 Å². The fourth-order valence-electron chi connectivity index (χ4n) is 2.80. The highest BCUT2D eigenvalue weighted by atomic mass is 35.5. The lowest BCUT2D eigenvalue weighted by Crippen LogP contribution is -1.96. The first-order chi connectivity index (χ1) is 13.4. The number of sulfone groups is 1. The molecule has 0 bridgehead atoms. The lowest BCUT2D eigenvalue weighted by Gasteiger charge is -2.09. The predicted octanol–water partition coefficient (Wildman–Crippen LogP) is 5.15. The molecule has 0 unspecified atom stereocenters. The van der Waals surface area contributed by atoms with Gasteiger partial charge in [-0.25, -0.2) is 18.4 Å². The number of hydrogen-bond acceptors (Lipinski definition) is 5. The van der Waals surface area contributed by atoms with Gasteiger partial charge in [0.2, 0.25) is 5.88 Å². The molecule has 0 radical (unpaired) electrons. The van der Waals surface area contributed by atoms with Crippen LogP contribution in [0.5, 0.6) is 11.6 Å². The van der Waals surface area contributed by atoms with E-state index >= 15 is 0 Å². The van der Waals surface area contributed by atoms with Crippen molar-refractivity contribution in [2.75, 3.05) is 6.26 Å². The van der Waals surface area contributed by atoms with Crippen molar-refractivity contribution >= 4 is 32.5 Å². The van der Waals surface area contributed by atoms with E-state index in [9.17, 15) is 8.42 Å². The second-order valence-corrected chi connectivity index (χ2v) is 8.67. The van der Waals surface area contributed by atoms with Crippen molar-refractivity contribution in [1.82, 2.24) is 9.97 Å². The van der Waals surface area contributed by atoms with Crippen molar-refractivity contribution in [2.24, 2.45) is 0 Å². The Hall–Kier alpha value is -2.96. The van der Waals surface area contributed by atoms with Gasteiger partial charge in [-0.15, -0.1) is 0 Å². The molecule has 0 amide bonds. The molecule has 0 spiro atoms. The standard InChI is InChI=1S/C21H15ClN2O3S/c1-28(25,26)17-8-3-6-15(12-17)14-5-2-7-16(11-14)27-20-13-23-21-18(22)9-4-10-19(21)24-20/h2-13H,1H3. The maximum absolute atomic E-state index is 11.8. The van der Waals surface area contributed by atoms with E-state index in [1.165, 1.54) is 12.5 Å². The molecule has 5 nitrogen and oxygen atoms in total. The van der Waals surface area contributed by atoms with E-state index in [-0.39, 0.29) is 4.90 Å². The zero-order valence-electron chi connectivity index (χ0n) is 14.8. The molecular formula is C21H15ClN2O3S. The lowest BCUT2D eigenvalue weighted by atomic mass is 10.1. The number of aromatic nitrogens is 2. The van der Waals surface area contributed by atoms with Crippen LogP contribution in [0.15, 0.2) is 77.8 Å². The van der Waals surface area contributed by atoms with Gasteiger partial charge in [-0.3, -0.25) is 0 Å². The maximum Gasteiger partial charge on any atom is 0.238 e. The zero-order chi connectivity index (χ0) is 19.7. The first-order valence-electron chi connectivity index (χ1n) is 8.40. The summed E-state index contributed by atoms with van der Waals surface area (Å²) in [5.41, 5.74) is 2.87. The second-order valence-electron chi connectivity index (χ2n) is 6.25. The molecule has 0 atom stereocenters. The molecule has 1 aromatic heterocycles. The summed E-state index contributed by atoms with van der Waals surface area (Å²) < 4.78 is 29.5. The zero-order valence-corrected chi connectivity index (χ0v) is 16.4. The van der Waals surface area contributed by atoms with Crippen LogP contribution in [-0.4, -0.2) is 24.6 Å². The van der Waals surface area contributed by atoms with Gasteiger partial charge >= 0.3 is 0 Å². The Kier molecular flexibility index (Phi) is 4.75. The maximum atomic E-state index is 11.8. The molecule has 7 heteroatoms. The minimum absolute atomic E-state index is 0.272. The third-order valence-corrected chi connectivity index (χ3v) is 5.57. The molecular weight excluding hydrogens is 396 g/mol. The summed E-state index contributed by atoms with van der Waals surface area (Å²) in [7, 11) is -3.28. The van der Waals surface area contributed by atoms with E-state index in [1.54, 1.807) is 36.4 Å². The largest absolute Gasteiger partial charge is 0.437 e. The smallest absolute Gasteiger partial charge is 0.238 e. The van der Waals surface area contributed by atoms with E-state index in [4.69, 9.17) is 16.3 Å². The molecule has 0 aliphatic rings. The Bertz CT molecular complexity index is 1290. The van der Waals surface area contributed by atoms with Crippen molar-refractivity contribution < 1.29 is 13.2 Å². The average molecular weight is 411 g/mol. The number of nitrogens with zero attached hydrogens (tertiary/aromatic N) is 2. The molecule has 0 N–H and O–H groups in total. The van der Waals surface area contributed by atoms with Crippen LogP contribution in [0.4, 0.5) is 0 Å². The molecule has 1 heterocycles. The number of halogens is 1. The van der Waals surface area contributed by atoms with Crippen LogP contribution < -0.4 is 4.74 Å². The fourth-order valence-corrected chi connectivity index (χ4v) is 3.69. The number of hydrogen-bond donors (Lipinski definition) is 0. The topological polar surface area (TPSA) is 69.2 Å².